The fraction of sp³-hybridized carbons (Fsp3) is 0.167. The molecule has 2 rings (SSSR count). The number of hydrogen-bond donors (Lipinski definition) is 3. The van der Waals surface area contributed by atoms with Gasteiger partial charge in [0.2, 0.25) is 0 Å². The van der Waals surface area contributed by atoms with Crippen molar-refractivity contribution in [2.75, 3.05) is 18.5 Å². The molecule has 1 aromatic heterocycles. The van der Waals surface area contributed by atoms with Crippen molar-refractivity contribution in [3.05, 3.63) is 41.4 Å². The topological polar surface area (TPSA) is 74.2 Å². The van der Waals surface area contributed by atoms with Crippen LogP contribution in [0.15, 0.2) is 35.8 Å². The molecule has 0 aliphatic carbocycles. The smallest absolute Gasteiger partial charge is 0.251 e. The number of nitrogens with zero attached hydrogens (tertiary/aromatic N) is 1. The number of nitrogens with one attached hydrogen (secondary N) is 2. The van der Waals surface area contributed by atoms with Crippen molar-refractivity contribution >= 4 is 28.1 Å². The summed E-state index contributed by atoms with van der Waals surface area (Å²) in [5.41, 5.74) is 1.35. The Morgan fingerprint density at radius 2 is 2.33 bits per heavy atom. The Hall–Kier alpha value is -1.92. The lowest BCUT2D eigenvalue weighted by atomic mass is 10.2. The molecule has 0 atom stereocenters. The van der Waals surface area contributed by atoms with Crippen LogP contribution in [0, 0.1) is 0 Å². The van der Waals surface area contributed by atoms with Crippen LogP contribution in [0.25, 0.3) is 0 Å². The average Bonchev–Trinajstić information content (AvgIpc) is 2.89. The summed E-state index contributed by atoms with van der Waals surface area (Å²) >= 11 is 1.49. The first-order valence-electron chi connectivity index (χ1n) is 5.45. The highest BCUT2D eigenvalue weighted by Crippen LogP contribution is 2.19. The summed E-state index contributed by atoms with van der Waals surface area (Å²) in [4.78, 5) is 15.8. The Bertz CT molecular complexity index is 514. The molecule has 0 saturated carbocycles. The minimum Gasteiger partial charge on any atom is -0.395 e. The fourth-order valence-electron chi connectivity index (χ4n) is 1.42. The van der Waals surface area contributed by atoms with Crippen molar-refractivity contribution in [1.29, 1.82) is 0 Å². The fourth-order valence-corrected chi connectivity index (χ4v) is 1.97. The Labute approximate surface area is 108 Å². The van der Waals surface area contributed by atoms with E-state index >= 15 is 0 Å². The van der Waals surface area contributed by atoms with Gasteiger partial charge in [0, 0.05) is 29.4 Å². The lowest BCUT2D eigenvalue weighted by Crippen LogP contribution is -2.26. The minimum atomic E-state index is -0.202. The second-order valence-corrected chi connectivity index (χ2v) is 4.42. The molecule has 2 aromatic rings. The van der Waals surface area contributed by atoms with E-state index in [0.29, 0.717) is 5.56 Å². The van der Waals surface area contributed by atoms with E-state index in [0.717, 1.165) is 10.8 Å². The number of aliphatic hydroxyl groups excluding tert-OH is 1. The predicted molar refractivity (Wildman–Crippen MR) is 71.3 cm³/mol. The van der Waals surface area contributed by atoms with Gasteiger partial charge in [-0.05, 0) is 18.2 Å². The molecule has 6 heteroatoms. The van der Waals surface area contributed by atoms with Crippen molar-refractivity contribution in [3.63, 3.8) is 0 Å². The van der Waals surface area contributed by atoms with Gasteiger partial charge >= 0.3 is 0 Å². The molecule has 0 aliphatic rings. The molecular weight excluding hydrogens is 250 g/mol. The molecule has 0 radical (unpaired) electrons. The molecule has 0 aliphatic heterocycles. The van der Waals surface area contributed by atoms with E-state index in [4.69, 9.17) is 5.11 Å². The van der Waals surface area contributed by atoms with Crippen LogP contribution < -0.4 is 10.6 Å². The number of carbonyl (C=O) groups excluding carboxylic acids is 1. The van der Waals surface area contributed by atoms with Gasteiger partial charge in [-0.1, -0.05) is 6.07 Å². The number of aliphatic hydroxyl groups is 1. The van der Waals surface area contributed by atoms with Gasteiger partial charge in [0.15, 0.2) is 5.13 Å². The van der Waals surface area contributed by atoms with Crippen LogP contribution >= 0.6 is 11.3 Å². The summed E-state index contributed by atoms with van der Waals surface area (Å²) < 4.78 is 0. The first-order valence-corrected chi connectivity index (χ1v) is 6.33. The second kappa shape index (κ2) is 6.13. The molecule has 1 amide bonds. The van der Waals surface area contributed by atoms with E-state index in [1.807, 2.05) is 11.4 Å². The number of amides is 1. The highest BCUT2D eigenvalue weighted by Gasteiger charge is 2.05. The van der Waals surface area contributed by atoms with Crippen LogP contribution in [0.3, 0.4) is 0 Å². The van der Waals surface area contributed by atoms with E-state index in [1.54, 1.807) is 24.4 Å². The second-order valence-electron chi connectivity index (χ2n) is 3.52. The number of aromatic nitrogens is 1. The Balaban J connectivity index is 2.07. The SMILES string of the molecule is O=C(NCCO)c1cccc(Nc2nccs2)c1. The van der Waals surface area contributed by atoms with Gasteiger partial charge in [0.25, 0.3) is 5.91 Å². The molecule has 1 aromatic carbocycles. The van der Waals surface area contributed by atoms with Crippen molar-refractivity contribution in [2.24, 2.45) is 0 Å². The monoisotopic (exact) mass is 263 g/mol. The van der Waals surface area contributed by atoms with Crippen LogP contribution in [0.5, 0.6) is 0 Å². The maximum absolute atomic E-state index is 11.7. The summed E-state index contributed by atoms with van der Waals surface area (Å²) in [5, 5.41) is 17.0. The Morgan fingerprint density at radius 1 is 1.44 bits per heavy atom. The number of carbonyl (C=O) groups is 1. The molecular formula is C12H13N3O2S. The minimum absolute atomic E-state index is 0.0667. The van der Waals surface area contributed by atoms with Gasteiger partial charge in [-0.3, -0.25) is 4.79 Å². The number of hydrogen-bond acceptors (Lipinski definition) is 5. The molecule has 0 fully saturated rings. The first kappa shape index (κ1) is 12.5. The quantitative estimate of drug-likeness (QED) is 0.766. The summed E-state index contributed by atoms with van der Waals surface area (Å²) in [6, 6.07) is 7.13. The zero-order chi connectivity index (χ0) is 12.8. The van der Waals surface area contributed by atoms with Gasteiger partial charge in [-0.2, -0.15) is 0 Å². The van der Waals surface area contributed by atoms with Gasteiger partial charge < -0.3 is 15.7 Å². The van der Waals surface area contributed by atoms with Gasteiger partial charge in [0.1, 0.15) is 0 Å². The third-order valence-corrected chi connectivity index (χ3v) is 2.89. The lowest BCUT2D eigenvalue weighted by Gasteiger charge is -2.06. The first-order chi connectivity index (χ1) is 8.79. The molecule has 5 nitrogen and oxygen atoms in total. The summed E-state index contributed by atoms with van der Waals surface area (Å²) in [6.07, 6.45) is 1.71. The number of benzene rings is 1. The van der Waals surface area contributed by atoms with E-state index in [1.165, 1.54) is 11.3 Å². The molecule has 0 unspecified atom stereocenters. The molecule has 3 N–H and O–H groups in total. The molecule has 94 valence electrons. The maximum Gasteiger partial charge on any atom is 0.251 e. The highest BCUT2D eigenvalue weighted by molar-refractivity contribution is 7.13. The van der Waals surface area contributed by atoms with Crippen molar-refractivity contribution < 1.29 is 9.90 Å². The van der Waals surface area contributed by atoms with E-state index in [2.05, 4.69) is 15.6 Å². The van der Waals surface area contributed by atoms with Crippen molar-refractivity contribution in [3.8, 4) is 0 Å². The molecule has 18 heavy (non-hydrogen) atoms. The van der Waals surface area contributed by atoms with Crippen LogP contribution in [0.1, 0.15) is 10.4 Å². The average molecular weight is 263 g/mol. The lowest BCUT2D eigenvalue weighted by molar-refractivity contribution is 0.0945. The maximum atomic E-state index is 11.7. The number of anilines is 2. The van der Waals surface area contributed by atoms with E-state index in [9.17, 15) is 4.79 Å². The number of rotatable bonds is 5. The Morgan fingerprint density at radius 3 is 3.06 bits per heavy atom. The number of thiazole rings is 1. The van der Waals surface area contributed by atoms with Gasteiger partial charge in [0.05, 0.1) is 6.61 Å². The van der Waals surface area contributed by atoms with Crippen molar-refractivity contribution in [1.82, 2.24) is 10.3 Å². The zero-order valence-corrected chi connectivity index (χ0v) is 10.4. The molecule has 0 saturated heterocycles. The summed E-state index contributed by atoms with van der Waals surface area (Å²) in [6.45, 7) is 0.186. The van der Waals surface area contributed by atoms with Crippen LogP contribution in [0.4, 0.5) is 10.8 Å². The summed E-state index contributed by atoms with van der Waals surface area (Å²) in [5.74, 6) is -0.202. The largest absolute Gasteiger partial charge is 0.395 e. The van der Waals surface area contributed by atoms with E-state index < -0.39 is 0 Å². The molecule has 1 heterocycles. The van der Waals surface area contributed by atoms with Crippen LogP contribution in [-0.4, -0.2) is 29.1 Å². The predicted octanol–water partition coefficient (Wildman–Crippen LogP) is 1.61. The highest BCUT2D eigenvalue weighted by atomic mass is 32.1. The summed E-state index contributed by atoms with van der Waals surface area (Å²) in [7, 11) is 0. The van der Waals surface area contributed by atoms with Gasteiger partial charge in [-0.25, -0.2) is 4.98 Å². The zero-order valence-electron chi connectivity index (χ0n) is 9.59. The van der Waals surface area contributed by atoms with Crippen molar-refractivity contribution in [2.45, 2.75) is 0 Å². The third kappa shape index (κ3) is 3.28. The normalized spacial score (nSPS) is 10.1. The van der Waals surface area contributed by atoms with Gasteiger partial charge in [-0.15, -0.1) is 11.3 Å². The standard InChI is InChI=1S/C12H13N3O2S/c16-6-4-13-11(17)9-2-1-3-10(8-9)15-12-14-5-7-18-12/h1-3,5,7-8,16H,4,6H2,(H,13,17)(H,14,15). The molecule has 0 bridgehead atoms. The van der Waals surface area contributed by atoms with Crippen LogP contribution in [-0.2, 0) is 0 Å². The third-order valence-electron chi connectivity index (χ3n) is 2.21. The van der Waals surface area contributed by atoms with Crippen LogP contribution in [0.2, 0.25) is 0 Å². The van der Waals surface area contributed by atoms with E-state index in [-0.39, 0.29) is 19.1 Å². The Kier molecular flexibility index (Phi) is 4.27. The molecule has 0 spiro atoms.